The van der Waals surface area contributed by atoms with Crippen LogP contribution in [0.3, 0.4) is 0 Å². The number of aliphatic hydroxyl groups is 1. The van der Waals surface area contributed by atoms with E-state index in [1.807, 2.05) is 6.08 Å². The average molecular weight is 154 g/mol. The van der Waals surface area contributed by atoms with Gasteiger partial charge in [0, 0.05) is 0 Å². The van der Waals surface area contributed by atoms with Gasteiger partial charge in [-0.05, 0) is 17.8 Å². The molecule has 1 aliphatic rings. The summed E-state index contributed by atoms with van der Waals surface area (Å²) in [5, 5.41) is 9.36. The molecule has 64 valence electrons. The van der Waals surface area contributed by atoms with Crippen LogP contribution in [0.5, 0.6) is 0 Å². The van der Waals surface area contributed by atoms with Crippen LogP contribution in [-0.2, 0) is 0 Å². The Balaban J connectivity index is 2.72. The van der Waals surface area contributed by atoms with Crippen LogP contribution in [0.1, 0.15) is 33.6 Å². The van der Waals surface area contributed by atoms with Crippen LogP contribution in [0.25, 0.3) is 0 Å². The van der Waals surface area contributed by atoms with Crippen molar-refractivity contribution in [1.29, 1.82) is 0 Å². The molecule has 0 aromatic heterocycles. The zero-order chi connectivity index (χ0) is 8.48. The molecule has 0 radical (unpaired) electrons. The minimum Gasteiger partial charge on any atom is -0.389 e. The number of allylic oxidation sites excluding steroid dienone is 1. The van der Waals surface area contributed by atoms with Crippen LogP contribution in [0.2, 0.25) is 0 Å². The van der Waals surface area contributed by atoms with Crippen LogP contribution in [0, 0.1) is 11.3 Å². The van der Waals surface area contributed by atoms with Crippen molar-refractivity contribution in [3.8, 4) is 0 Å². The normalized spacial score (nSPS) is 35.6. The minimum atomic E-state index is -0.201. The lowest BCUT2D eigenvalue weighted by Gasteiger charge is -2.35. The van der Waals surface area contributed by atoms with E-state index in [1.165, 1.54) is 0 Å². The third-order valence-corrected chi connectivity index (χ3v) is 2.82. The largest absolute Gasteiger partial charge is 0.389 e. The van der Waals surface area contributed by atoms with E-state index < -0.39 is 0 Å². The van der Waals surface area contributed by atoms with Crippen molar-refractivity contribution in [2.45, 2.75) is 39.7 Å². The first-order valence-corrected chi connectivity index (χ1v) is 4.43. The first-order valence-electron chi connectivity index (χ1n) is 4.43. The fourth-order valence-electron chi connectivity index (χ4n) is 1.86. The average Bonchev–Trinajstić information content (AvgIpc) is 1.94. The molecule has 2 atom stereocenters. The SMILES string of the molecule is CC[C@H]1CC(O)C=CC1(C)C. The zero-order valence-electron chi connectivity index (χ0n) is 7.67. The highest BCUT2D eigenvalue weighted by Crippen LogP contribution is 2.37. The van der Waals surface area contributed by atoms with E-state index in [9.17, 15) is 5.11 Å². The Labute approximate surface area is 69.1 Å². The molecule has 11 heavy (non-hydrogen) atoms. The van der Waals surface area contributed by atoms with E-state index >= 15 is 0 Å². The van der Waals surface area contributed by atoms with Crippen molar-refractivity contribution in [1.82, 2.24) is 0 Å². The number of hydrogen-bond acceptors (Lipinski definition) is 1. The first-order chi connectivity index (χ1) is 5.06. The van der Waals surface area contributed by atoms with E-state index in [1.54, 1.807) is 0 Å². The van der Waals surface area contributed by atoms with Crippen molar-refractivity contribution < 1.29 is 5.11 Å². The van der Waals surface area contributed by atoms with Gasteiger partial charge in [-0.15, -0.1) is 0 Å². The van der Waals surface area contributed by atoms with Crippen molar-refractivity contribution >= 4 is 0 Å². The lowest BCUT2D eigenvalue weighted by Crippen LogP contribution is -2.29. The standard InChI is InChI=1S/C10H18O/c1-4-8-7-9(11)5-6-10(8,2)3/h5-6,8-9,11H,4,7H2,1-3H3/t8-,9?/m0/s1. The second kappa shape index (κ2) is 2.98. The third kappa shape index (κ3) is 1.84. The molecule has 0 heterocycles. The molecule has 0 aromatic carbocycles. The molecule has 1 nitrogen and oxygen atoms in total. The molecular weight excluding hydrogens is 136 g/mol. The molecule has 0 saturated heterocycles. The maximum atomic E-state index is 9.36. The monoisotopic (exact) mass is 154 g/mol. The summed E-state index contributed by atoms with van der Waals surface area (Å²) in [7, 11) is 0. The fraction of sp³-hybridized carbons (Fsp3) is 0.800. The van der Waals surface area contributed by atoms with Gasteiger partial charge in [-0.1, -0.05) is 39.3 Å². The smallest absolute Gasteiger partial charge is 0.0724 e. The summed E-state index contributed by atoms with van der Waals surface area (Å²) in [5.41, 5.74) is 0.286. The molecule has 0 amide bonds. The van der Waals surface area contributed by atoms with Gasteiger partial charge < -0.3 is 5.11 Å². The Kier molecular flexibility index (Phi) is 2.38. The highest BCUT2D eigenvalue weighted by Gasteiger charge is 2.30. The summed E-state index contributed by atoms with van der Waals surface area (Å²) in [6.45, 7) is 6.67. The number of aliphatic hydroxyl groups excluding tert-OH is 1. The summed E-state index contributed by atoms with van der Waals surface area (Å²) in [6.07, 6.45) is 5.96. The summed E-state index contributed by atoms with van der Waals surface area (Å²) >= 11 is 0. The van der Waals surface area contributed by atoms with Crippen molar-refractivity contribution in [3.63, 3.8) is 0 Å². The van der Waals surface area contributed by atoms with E-state index in [0.717, 1.165) is 12.8 Å². The van der Waals surface area contributed by atoms with Crippen molar-refractivity contribution in [2.75, 3.05) is 0 Å². The van der Waals surface area contributed by atoms with Gasteiger partial charge in [-0.2, -0.15) is 0 Å². The number of hydrogen-bond donors (Lipinski definition) is 1. The van der Waals surface area contributed by atoms with Gasteiger partial charge in [-0.25, -0.2) is 0 Å². The topological polar surface area (TPSA) is 20.2 Å². The first kappa shape index (κ1) is 8.79. The molecule has 1 heteroatoms. The summed E-state index contributed by atoms with van der Waals surface area (Å²) in [4.78, 5) is 0. The van der Waals surface area contributed by atoms with Crippen LogP contribution >= 0.6 is 0 Å². The summed E-state index contributed by atoms with van der Waals surface area (Å²) < 4.78 is 0. The van der Waals surface area contributed by atoms with Crippen molar-refractivity contribution in [3.05, 3.63) is 12.2 Å². The summed E-state index contributed by atoms with van der Waals surface area (Å²) in [5.74, 6) is 0.641. The molecule has 1 unspecified atom stereocenters. The molecule has 0 aromatic rings. The quantitative estimate of drug-likeness (QED) is 0.575. The fourth-order valence-corrected chi connectivity index (χ4v) is 1.86. The maximum absolute atomic E-state index is 9.36. The lowest BCUT2D eigenvalue weighted by atomic mass is 9.71. The molecule has 0 spiro atoms. The third-order valence-electron chi connectivity index (χ3n) is 2.82. The second-order valence-electron chi connectivity index (χ2n) is 4.09. The van der Waals surface area contributed by atoms with Crippen LogP contribution in [0.4, 0.5) is 0 Å². The van der Waals surface area contributed by atoms with E-state index in [-0.39, 0.29) is 11.5 Å². The molecular formula is C10H18O. The van der Waals surface area contributed by atoms with Crippen LogP contribution in [-0.4, -0.2) is 11.2 Å². The van der Waals surface area contributed by atoms with Gasteiger partial charge in [0.15, 0.2) is 0 Å². The van der Waals surface area contributed by atoms with Gasteiger partial charge >= 0.3 is 0 Å². The minimum absolute atomic E-state index is 0.201. The Morgan fingerprint density at radius 3 is 2.64 bits per heavy atom. The highest BCUT2D eigenvalue weighted by atomic mass is 16.3. The van der Waals surface area contributed by atoms with Gasteiger partial charge in [0.2, 0.25) is 0 Å². The molecule has 0 fully saturated rings. The van der Waals surface area contributed by atoms with Gasteiger partial charge in [0.25, 0.3) is 0 Å². The van der Waals surface area contributed by atoms with E-state index in [0.29, 0.717) is 5.92 Å². The second-order valence-corrected chi connectivity index (χ2v) is 4.09. The Hall–Kier alpha value is -0.300. The molecule has 0 bridgehead atoms. The molecule has 1 aliphatic carbocycles. The van der Waals surface area contributed by atoms with Gasteiger partial charge in [0.1, 0.15) is 0 Å². The molecule has 0 aliphatic heterocycles. The van der Waals surface area contributed by atoms with Crippen molar-refractivity contribution in [2.24, 2.45) is 11.3 Å². The van der Waals surface area contributed by atoms with E-state index in [4.69, 9.17) is 0 Å². The molecule has 1 rings (SSSR count). The highest BCUT2D eigenvalue weighted by molar-refractivity contribution is 5.06. The molecule has 1 N–H and O–H groups in total. The Morgan fingerprint density at radius 1 is 1.55 bits per heavy atom. The van der Waals surface area contributed by atoms with Crippen LogP contribution < -0.4 is 0 Å². The van der Waals surface area contributed by atoms with Gasteiger partial charge in [0.05, 0.1) is 6.10 Å². The van der Waals surface area contributed by atoms with Crippen LogP contribution in [0.15, 0.2) is 12.2 Å². The van der Waals surface area contributed by atoms with Gasteiger partial charge in [-0.3, -0.25) is 0 Å². The maximum Gasteiger partial charge on any atom is 0.0724 e. The predicted octanol–water partition coefficient (Wildman–Crippen LogP) is 2.36. The predicted molar refractivity (Wildman–Crippen MR) is 47.3 cm³/mol. The zero-order valence-corrected chi connectivity index (χ0v) is 7.67. The Morgan fingerprint density at radius 2 is 2.18 bits per heavy atom. The van der Waals surface area contributed by atoms with E-state index in [2.05, 4.69) is 26.8 Å². The Bertz CT molecular complexity index is 158. The number of rotatable bonds is 1. The molecule has 0 saturated carbocycles. The lowest BCUT2D eigenvalue weighted by molar-refractivity contribution is 0.126. The summed E-state index contributed by atoms with van der Waals surface area (Å²) in [6, 6.07) is 0.